The lowest BCUT2D eigenvalue weighted by molar-refractivity contribution is -0.141. The first kappa shape index (κ1) is 22.5. The summed E-state index contributed by atoms with van der Waals surface area (Å²) in [6.45, 7) is 8.14. The van der Waals surface area contributed by atoms with Crippen LogP contribution in [0, 0.1) is 0 Å². The summed E-state index contributed by atoms with van der Waals surface area (Å²) < 4.78 is 12.6. The summed E-state index contributed by atoms with van der Waals surface area (Å²) in [6, 6.07) is 20.6. The molecular weight excluding hydrogens is 412 g/mol. The summed E-state index contributed by atoms with van der Waals surface area (Å²) in [6.07, 6.45) is 2.23. The van der Waals surface area contributed by atoms with Crippen molar-refractivity contribution in [3.63, 3.8) is 0 Å². The van der Waals surface area contributed by atoms with Crippen LogP contribution in [-0.4, -0.2) is 37.4 Å². The lowest BCUT2D eigenvalue weighted by Crippen LogP contribution is -2.68. The number of benzene rings is 2. The number of thioether (sulfide) groups is 1. The maximum Gasteiger partial charge on any atom is 0.331 e. The van der Waals surface area contributed by atoms with Gasteiger partial charge in [0.1, 0.15) is 6.10 Å². The van der Waals surface area contributed by atoms with Crippen LogP contribution in [0.4, 0.5) is 0 Å². The molecule has 1 heterocycles. The van der Waals surface area contributed by atoms with E-state index in [1.807, 2.05) is 36.4 Å². The fraction of sp³-hybridized carbons (Fsp3) is 0.333. The second-order valence-electron chi connectivity index (χ2n) is 8.38. The molecule has 0 bridgehead atoms. The monoisotopic (exact) mass is 440 g/mol. The molecule has 0 spiro atoms. The minimum absolute atomic E-state index is 0.0133. The Kier molecular flexibility index (Phi) is 7.01. The molecule has 0 aliphatic carbocycles. The molecule has 0 amide bonds. The van der Waals surface area contributed by atoms with Gasteiger partial charge in [-0.2, -0.15) is 0 Å². The number of cyclic esters (lactones) is 1. The van der Waals surface area contributed by atoms with Gasteiger partial charge in [-0.15, -0.1) is 0 Å². The van der Waals surface area contributed by atoms with Crippen LogP contribution >= 0.6 is 11.8 Å². The number of carbonyl (C=O) groups excluding carboxylic acids is 2. The molecule has 158 valence electrons. The lowest BCUT2D eigenvalue weighted by atomic mass is 10.2. The van der Waals surface area contributed by atoms with Crippen LogP contribution in [0.2, 0.25) is 5.04 Å². The quantitative estimate of drug-likeness (QED) is 0.485. The molecule has 4 nitrogen and oxygen atoms in total. The minimum atomic E-state index is -2.82. The highest BCUT2D eigenvalue weighted by molar-refractivity contribution is 8.13. The van der Waals surface area contributed by atoms with Crippen LogP contribution in [0.1, 0.15) is 27.7 Å². The molecule has 0 unspecified atom stereocenters. The number of hydrogen-bond donors (Lipinski definition) is 0. The molecule has 30 heavy (non-hydrogen) atoms. The van der Waals surface area contributed by atoms with E-state index in [2.05, 4.69) is 45.0 Å². The van der Waals surface area contributed by atoms with E-state index in [-0.39, 0.29) is 16.1 Å². The van der Waals surface area contributed by atoms with E-state index in [4.69, 9.17) is 9.16 Å². The second kappa shape index (κ2) is 9.33. The molecular formula is C24H28O4SSi. The minimum Gasteiger partial charge on any atom is -0.452 e. The van der Waals surface area contributed by atoms with E-state index < -0.39 is 20.5 Å². The molecule has 2 aromatic carbocycles. The van der Waals surface area contributed by atoms with Gasteiger partial charge in [0, 0.05) is 18.8 Å². The predicted molar refractivity (Wildman–Crippen MR) is 125 cm³/mol. The van der Waals surface area contributed by atoms with Gasteiger partial charge in [0.15, 0.2) is 5.12 Å². The fourth-order valence-corrected chi connectivity index (χ4v) is 9.36. The highest BCUT2D eigenvalue weighted by Gasteiger charge is 2.52. The fourth-order valence-electron chi connectivity index (χ4n) is 3.90. The van der Waals surface area contributed by atoms with Crippen molar-refractivity contribution in [1.82, 2.24) is 0 Å². The zero-order valence-electron chi connectivity index (χ0n) is 17.8. The molecule has 0 saturated heterocycles. The van der Waals surface area contributed by atoms with Gasteiger partial charge in [-0.1, -0.05) is 93.2 Å². The van der Waals surface area contributed by atoms with E-state index in [9.17, 15) is 9.59 Å². The summed E-state index contributed by atoms with van der Waals surface area (Å²) in [5.41, 5.74) is 0. The number of carbonyl (C=O) groups is 2. The van der Waals surface area contributed by atoms with Crippen molar-refractivity contribution in [1.29, 1.82) is 0 Å². The third-order valence-electron chi connectivity index (χ3n) is 5.24. The number of esters is 1. The van der Waals surface area contributed by atoms with Crippen molar-refractivity contribution >= 4 is 41.5 Å². The van der Waals surface area contributed by atoms with Crippen molar-refractivity contribution in [3.8, 4) is 0 Å². The van der Waals surface area contributed by atoms with E-state index in [1.165, 1.54) is 17.8 Å². The SMILES string of the molecule is CC(=O)SC[C@@H](O[Si](c1ccccc1)(c1ccccc1)C(C)(C)C)[C@@H]1C=CC(=O)O1. The molecule has 1 aliphatic rings. The van der Waals surface area contributed by atoms with E-state index in [0.29, 0.717) is 5.75 Å². The average Bonchev–Trinajstić information content (AvgIpc) is 3.15. The third kappa shape index (κ3) is 4.77. The average molecular weight is 441 g/mol. The first-order chi connectivity index (χ1) is 14.2. The Hall–Kier alpha value is -2.15. The van der Waals surface area contributed by atoms with Gasteiger partial charge < -0.3 is 9.16 Å². The van der Waals surface area contributed by atoms with Gasteiger partial charge in [-0.25, -0.2) is 4.79 Å². The van der Waals surface area contributed by atoms with Crippen LogP contribution in [0.25, 0.3) is 0 Å². The molecule has 2 aromatic rings. The van der Waals surface area contributed by atoms with Gasteiger partial charge in [0.25, 0.3) is 8.32 Å². The van der Waals surface area contributed by atoms with Crippen LogP contribution < -0.4 is 10.4 Å². The van der Waals surface area contributed by atoms with Crippen LogP contribution in [-0.2, 0) is 18.8 Å². The Labute approximate surface area is 183 Å². The summed E-state index contributed by atoms with van der Waals surface area (Å²) in [7, 11) is -2.82. The normalized spacial score (nSPS) is 17.6. The van der Waals surface area contributed by atoms with E-state index in [1.54, 1.807) is 13.0 Å². The van der Waals surface area contributed by atoms with Gasteiger partial charge >= 0.3 is 5.97 Å². The first-order valence-corrected chi connectivity index (χ1v) is 12.9. The Balaban J connectivity index is 2.13. The smallest absolute Gasteiger partial charge is 0.331 e. The third-order valence-corrected chi connectivity index (χ3v) is 11.2. The Morgan fingerprint density at radius 2 is 1.60 bits per heavy atom. The van der Waals surface area contributed by atoms with Crippen LogP contribution in [0.5, 0.6) is 0 Å². The molecule has 0 N–H and O–H groups in total. The van der Waals surface area contributed by atoms with Gasteiger partial charge in [0.05, 0.1) is 6.10 Å². The van der Waals surface area contributed by atoms with Gasteiger partial charge in [-0.3, -0.25) is 4.79 Å². The highest BCUT2D eigenvalue weighted by atomic mass is 32.2. The molecule has 0 aromatic heterocycles. The second-order valence-corrected chi connectivity index (χ2v) is 13.8. The Morgan fingerprint density at radius 1 is 1.07 bits per heavy atom. The Morgan fingerprint density at radius 3 is 2.00 bits per heavy atom. The molecule has 3 rings (SSSR count). The number of hydrogen-bond acceptors (Lipinski definition) is 5. The molecule has 0 fully saturated rings. The summed E-state index contributed by atoms with van der Waals surface area (Å²) in [5.74, 6) is 0.0474. The van der Waals surface area contributed by atoms with Crippen molar-refractivity contribution in [2.45, 2.75) is 44.9 Å². The van der Waals surface area contributed by atoms with Crippen LogP contribution in [0.3, 0.4) is 0 Å². The maximum absolute atomic E-state index is 11.8. The first-order valence-electron chi connectivity index (χ1n) is 10.0. The standard InChI is InChI=1S/C24H28O4SSi/c1-18(25)29-17-22(21-15-16-23(26)27-21)28-30(24(2,3)4,19-11-7-5-8-12-19)20-13-9-6-10-14-20/h5-16,21-22H,17H2,1-4H3/t21-,22+/m0/s1. The van der Waals surface area contributed by atoms with Crippen molar-refractivity contribution < 1.29 is 18.8 Å². The van der Waals surface area contributed by atoms with E-state index in [0.717, 1.165) is 10.4 Å². The molecule has 0 saturated carbocycles. The molecule has 6 heteroatoms. The lowest BCUT2D eigenvalue weighted by Gasteiger charge is -2.45. The largest absolute Gasteiger partial charge is 0.452 e. The number of rotatable bonds is 7. The summed E-state index contributed by atoms with van der Waals surface area (Å²) in [4.78, 5) is 23.5. The molecule has 2 atom stereocenters. The van der Waals surface area contributed by atoms with Gasteiger partial charge in [-0.05, 0) is 21.5 Å². The summed E-state index contributed by atoms with van der Waals surface area (Å²) >= 11 is 1.20. The van der Waals surface area contributed by atoms with E-state index >= 15 is 0 Å². The molecule has 1 aliphatic heterocycles. The highest BCUT2D eigenvalue weighted by Crippen LogP contribution is 2.38. The Bertz CT molecular complexity index is 866. The zero-order valence-corrected chi connectivity index (χ0v) is 19.6. The topological polar surface area (TPSA) is 52.6 Å². The van der Waals surface area contributed by atoms with Crippen molar-refractivity contribution in [2.75, 3.05) is 5.75 Å². The number of ether oxygens (including phenoxy) is 1. The predicted octanol–water partition coefficient (Wildman–Crippen LogP) is 3.69. The van der Waals surface area contributed by atoms with Gasteiger partial charge in [0.2, 0.25) is 0 Å². The molecule has 0 radical (unpaired) electrons. The van der Waals surface area contributed by atoms with Crippen molar-refractivity contribution in [3.05, 3.63) is 72.8 Å². The van der Waals surface area contributed by atoms with Crippen molar-refractivity contribution in [2.24, 2.45) is 0 Å². The zero-order chi connectivity index (χ0) is 21.8. The summed E-state index contributed by atoms with van der Waals surface area (Å²) in [5, 5.41) is 2.10. The maximum atomic E-state index is 11.8. The van der Waals surface area contributed by atoms with Crippen LogP contribution in [0.15, 0.2) is 72.8 Å².